The minimum absolute atomic E-state index is 0.113. The van der Waals surface area contributed by atoms with Gasteiger partial charge in [0.2, 0.25) is 11.8 Å². The Kier molecular flexibility index (Phi) is 16.1. The zero-order valence-electron chi connectivity index (χ0n) is 28.3. The van der Waals surface area contributed by atoms with E-state index < -0.39 is 30.8 Å². The second-order valence-corrected chi connectivity index (χ2v) is 14.3. The summed E-state index contributed by atoms with van der Waals surface area (Å²) in [5.74, 6) is -3.02. The molecule has 0 aromatic heterocycles. The van der Waals surface area contributed by atoms with Crippen LogP contribution in [-0.2, 0) is 33.2 Å². The Balaban J connectivity index is 0.000000269. The predicted octanol–water partition coefficient (Wildman–Crippen LogP) is 6.41. The van der Waals surface area contributed by atoms with Crippen LogP contribution in [0.15, 0.2) is 115 Å². The number of aldehydes is 1. The Morgan fingerprint density at radius 1 is 0.633 bits per heavy atom. The molecule has 0 aliphatic heterocycles. The molecule has 49 heavy (non-hydrogen) atoms. The van der Waals surface area contributed by atoms with E-state index >= 15 is 0 Å². The summed E-state index contributed by atoms with van der Waals surface area (Å²) in [5.41, 5.74) is 6.13. The summed E-state index contributed by atoms with van der Waals surface area (Å²) < 4.78 is 20.6. The van der Waals surface area contributed by atoms with E-state index in [1.54, 1.807) is 6.08 Å². The molecular formula is C38H41N2O8P. The molecule has 0 heterocycles. The van der Waals surface area contributed by atoms with Gasteiger partial charge in [-0.05, 0) is 47.2 Å². The van der Waals surface area contributed by atoms with Crippen LogP contribution in [0.4, 0.5) is 0 Å². The first-order valence-corrected chi connectivity index (χ1v) is 17.7. The summed E-state index contributed by atoms with van der Waals surface area (Å²) in [6.07, 6.45) is 2.44. The summed E-state index contributed by atoms with van der Waals surface area (Å²) in [6, 6.07) is 35.4. The van der Waals surface area contributed by atoms with Crippen LogP contribution in [0.5, 0.6) is 0 Å². The van der Waals surface area contributed by atoms with E-state index in [-0.39, 0.29) is 11.6 Å². The number of hydrogen-bond donors (Lipinski definition) is 2. The Morgan fingerprint density at radius 2 is 1.06 bits per heavy atom. The average molecular weight is 685 g/mol. The lowest BCUT2D eigenvalue weighted by Crippen LogP contribution is -2.39. The molecule has 0 radical (unpaired) electrons. The topological polar surface area (TPSA) is 145 Å². The molecule has 2 N–H and O–H groups in total. The highest BCUT2D eigenvalue weighted by atomic mass is 31.2. The predicted molar refractivity (Wildman–Crippen MR) is 192 cm³/mol. The molecule has 0 aliphatic carbocycles. The van der Waals surface area contributed by atoms with Crippen LogP contribution in [0.1, 0.15) is 29.8 Å². The quantitative estimate of drug-likeness (QED) is 0.0890. The maximum atomic E-state index is 11.6. The molecule has 4 aromatic carbocycles. The lowest BCUT2D eigenvalue weighted by molar-refractivity contribution is -0.142. The molecule has 11 heteroatoms. The zero-order chi connectivity index (χ0) is 36.4. The molecule has 0 aliphatic rings. The minimum atomic E-state index is -2.71. The van der Waals surface area contributed by atoms with Crippen LogP contribution in [0, 0.1) is 0 Å². The largest absolute Gasteiger partial charge is 0.467 e. The Morgan fingerprint density at radius 3 is 1.41 bits per heavy atom. The van der Waals surface area contributed by atoms with E-state index in [0.29, 0.717) is 5.56 Å². The fourth-order valence-electron chi connectivity index (χ4n) is 4.17. The van der Waals surface area contributed by atoms with Crippen LogP contribution in [0.3, 0.4) is 0 Å². The van der Waals surface area contributed by atoms with Crippen LogP contribution in [0.25, 0.3) is 28.3 Å². The molecular weight excluding hydrogens is 643 g/mol. The first kappa shape index (κ1) is 39.6. The van der Waals surface area contributed by atoms with Crippen LogP contribution in [0.2, 0.25) is 0 Å². The fraction of sp³-hybridized carbons (Fsp3) is 0.184. The van der Waals surface area contributed by atoms with E-state index in [9.17, 15) is 28.5 Å². The number of ether oxygens (including phenoxy) is 2. The number of benzene rings is 4. The summed E-state index contributed by atoms with van der Waals surface area (Å²) in [7, 11) is -0.247. The molecule has 4 aromatic rings. The summed E-state index contributed by atoms with van der Waals surface area (Å²) in [5, 5.41) is 4.77. The lowest BCUT2D eigenvalue weighted by Gasteiger charge is -2.19. The van der Waals surface area contributed by atoms with Crippen molar-refractivity contribution < 1.29 is 38.0 Å². The Labute approximate surface area is 286 Å². The summed E-state index contributed by atoms with van der Waals surface area (Å²) >= 11 is 0. The number of rotatable bonds is 9. The van der Waals surface area contributed by atoms with E-state index in [0.717, 1.165) is 28.5 Å². The fourth-order valence-corrected chi connectivity index (χ4v) is 5.28. The highest BCUT2D eigenvalue weighted by molar-refractivity contribution is 7.64. The van der Waals surface area contributed by atoms with E-state index in [2.05, 4.69) is 32.2 Å². The van der Waals surface area contributed by atoms with E-state index in [4.69, 9.17) is 0 Å². The van der Waals surface area contributed by atoms with Crippen molar-refractivity contribution in [3.8, 4) is 22.3 Å². The molecule has 2 amide bonds. The van der Waals surface area contributed by atoms with Gasteiger partial charge in [0.1, 0.15) is 19.1 Å². The van der Waals surface area contributed by atoms with Crippen LogP contribution in [-0.4, -0.2) is 63.4 Å². The normalized spacial score (nSPS) is 11.2. The van der Waals surface area contributed by atoms with Crippen molar-refractivity contribution in [2.75, 3.05) is 27.5 Å². The number of methoxy groups -OCH3 is 2. The molecule has 1 atom stereocenters. The van der Waals surface area contributed by atoms with Crippen molar-refractivity contribution in [3.05, 3.63) is 126 Å². The molecule has 1 unspecified atom stereocenters. The van der Waals surface area contributed by atoms with Crippen molar-refractivity contribution in [2.24, 2.45) is 0 Å². The van der Waals surface area contributed by atoms with Gasteiger partial charge in [-0.15, -0.1) is 0 Å². The number of hydrogen-bond acceptors (Lipinski definition) is 8. The van der Waals surface area contributed by atoms with Gasteiger partial charge in [-0.25, -0.2) is 9.59 Å². The maximum absolute atomic E-state index is 11.6. The Hall–Kier alpha value is -5.60. The van der Waals surface area contributed by atoms with Gasteiger partial charge >= 0.3 is 11.9 Å². The SMILES string of the molecule is COC(=O)C(=Cc1ccc(-c2ccccc2)cc1)NC(C)=O.COC(=O)C(NC(C)=O)P(C)(C)=O.O=Cc1ccc(-c2ccccc2)cc1. The van der Waals surface area contributed by atoms with Gasteiger partial charge in [-0.3, -0.25) is 14.4 Å². The number of nitrogens with one attached hydrogen (secondary N) is 2. The average Bonchev–Trinajstić information content (AvgIpc) is 3.10. The van der Waals surface area contributed by atoms with Crippen molar-refractivity contribution >= 4 is 43.3 Å². The first-order chi connectivity index (χ1) is 23.3. The third-order valence-corrected chi connectivity index (χ3v) is 8.17. The van der Waals surface area contributed by atoms with E-state index in [1.807, 2.05) is 97.1 Å². The van der Waals surface area contributed by atoms with Gasteiger partial charge in [0.05, 0.1) is 14.2 Å². The summed E-state index contributed by atoms with van der Waals surface area (Å²) in [4.78, 5) is 55.0. The number of carbonyl (C=O) groups is 5. The Bertz CT molecular complexity index is 1770. The second-order valence-electron chi connectivity index (χ2n) is 10.9. The molecule has 0 bridgehead atoms. The highest BCUT2D eigenvalue weighted by Gasteiger charge is 2.32. The number of amides is 2. The van der Waals surface area contributed by atoms with Crippen molar-refractivity contribution in [3.63, 3.8) is 0 Å². The molecule has 10 nitrogen and oxygen atoms in total. The van der Waals surface area contributed by atoms with Crippen LogP contribution >= 0.6 is 7.14 Å². The van der Waals surface area contributed by atoms with Crippen molar-refractivity contribution in [2.45, 2.75) is 19.6 Å². The maximum Gasteiger partial charge on any atom is 0.354 e. The van der Waals surface area contributed by atoms with Crippen LogP contribution < -0.4 is 10.6 Å². The van der Waals surface area contributed by atoms with Gasteiger partial charge < -0.3 is 24.7 Å². The molecule has 0 fully saturated rings. The molecule has 0 saturated carbocycles. The third kappa shape index (κ3) is 14.0. The van der Waals surface area contributed by atoms with Crippen molar-refractivity contribution in [1.29, 1.82) is 0 Å². The smallest absolute Gasteiger partial charge is 0.354 e. The van der Waals surface area contributed by atoms with Gasteiger partial charge in [0.15, 0.2) is 5.78 Å². The van der Waals surface area contributed by atoms with Gasteiger partial charge in [-0.2, -0.15) is 0 Å². The third-order valence-electron chi connectivity index (χ3n) is 6.58. The monoisotopic (exact) mass is 684 g/mol. The van der Waals surface area contributed by atoms with E-state index in [1.165, 1.54) is 47.0 Å². The van der Waals surface area contributed by atoms with Gasteiger partial charge in [-0.1, -0.05) is 109 Å². The number of esters is 2. The second kappa shape index (κ2) is 19.9. The van der Waals surface area contributed by atoms with Gasteiger partial charge in [0, 0.05) is 19.4 Å². The standard InChI is InChI=1S/C18H17NO3.C13H10O.C7H14NO4P/c1-13(20)19-17(18(21)22-2)12-14-8-10-16(11-9-14)15-6-4-3-5-7-15;14-10-11-6-8-13(9-7-11)12-4-2-1-3-5-12;1-5(9)8-6(7(10)12-2)13(3,4)11/h3-12H,1-2H3,(H,19,20);1-10H;6H,1-4H3,(H,8,9). The number of carbonyl (C=O) groups excluding carboxylic acids is 5. The summed E-state index contributed by atoms with van der Waals surface area (Å²) in [6.45, 7) is 5.44. The molecule has 4 rings (SSSR count). The van der Waals surface area contributed by atoms with Gasteiger partial charge in [0.25, 0.3) is 0 Å². The molecule has 0 spiro atoms. The first-order valence-electron chi connectivity index (χ1n) is 15.0. The highest BCUT2D eigenvalue weighted by Crippen LogP contribution is 2.41. The lowest BCUT2D eigenvalue weighted by atomic mass is 10.0. The molecule has 0 saturated heterocycles. The zero-order valence-corrected chi connectivity index (χ0v) is 29.2. The van der Waals surface area contributed by atoms with Crippen molar-refractivity contribution in [1.82, 2.24) is 10.6 Å². The minimum Gasteiger partial charge on any atom is -0.467 e. The molecule has 256 valence electrons.